The summed E-state index contributed by atoms with van der Waals surface area (Å²) in [5.41, 5.74) is 0.901. The van der Waals surface area contributed by atoms with Gasteiger partial charge in [-0.15, -0.1) is 0 Å². The highest BCUT2D eigenvalue weighted by atomic mass is 35.5. The molecular formula is C12H12ClNO2. The number of aliphatic hydroxyl groups is 1. The van der Waals surface area contributed by atoms with E-state index in [4.69, 9.17) is 16.7 Å². The Morgan fingerprint density at radius 3 is 2.56 bits per heavy atom. The first-order valence-corrected chi connectivity index (χ1v) is 5.78. The molecule has 1 N–H and O–H groups in total. The van der Waals surface area contributed by atoms with E-state index in [9.17, 15) is 4.79 Å². The van der Waals surface area contributed by atoms with Crippen LogP contribution < -0.4 is 4.90 Å². The fraction of sp³-hybridized carbons (Fsp3) is 0.417. The van der Waals surface area contributed by atoms with Gasteiger partial charge >= 0.3 is 0 Å². The van der Waals surface area contributed by atoms with Crippen LogP contribution >= 0.6 is 11.6 Å². The van der Waals surface area contributed by atoms with E-state index >= 15 is 0 Å². The Balaban J connectivity index is 1.80. The van der Waals surface area contributed by atoms with E-state index in [0.29, 0.717) is 10.9 Å². The fourth-order valence-electron chi connectivity index (χ4n) is 2.64. The lowest BCUT2D eigenvalue weighted by molar-refractivity contribution is -0.119. The number of piperidine rings is 1. The maximum Gasteiger partial charge on any atom is 0.230 e. The van der Waals surface area contributed by atoms with Crippen LogP contribution in [0.4, 0.5) is 5.69 Å². The van der Waals surface area contributed by atoms with E-state index in [0.717, 1.165) is 12.2 Å². The van der Waals surface area contributed by atoms with E-state index in [2.05, 4.69) is 0 Å². The number of halogens is 1. The highest BCUT2D eigenvalue weighted by Crippen LogP contribution is 2.52. The quantitative estimate of drug-likeness (QED) is 0.848. The molecule has 84 valence electrons. The third-order valence-corrected chi connectivity index (χ3v) is 3.88. The zero-order chi connectivity index (χ0) is 11.3. The number of benzene rings is 1. The molecule has 1 saturated carbocycles. The summed E-state index contributed by atoms with van der Waals surface area (Å²) < 4.78 is 0. The molecule has 0 radical (unpaired) electrons. The van der Waals surface area contributed by atoms with Crippen LogP contribution in [0.1, 0.15) is 0 Å². The maximum atomic E-state index is 12.0. The first-order valence-electron chi connectivity index (χ1n) is 5.40. The van der Waals surface area contributed by atoms with Gasteiger partial charge in [-0.25, -0.2) is 0 Å². The summed E-state index contributed by atoms with van der Waals surface area (Å²) in [4.78, 5) is 13.8. The van der Waals surface area contributed by atoms with Crippen LogP contribution in [0, 0.1) is 17.8 Å². The number of fused-ring (bicyclic) bond motifs is 1. The number of amides is 1. The lowest BCUT2D eigenvalue weighted by Crippen LogP contribution is -2.30. The van der Waals surface area contributed by atoms with E-state index < -0.39 is 0 Å². The molecule has 4 heteroatoms. The fourth-order valence-corrected chi connectivity index (χ4v) is 2.77. The van der Waals surface area contributed by atoms with Gasteiger partial charge in [0.2, 0.25) is 5.91 Å². The van der Waals surface area contributed by atoms with Gasteiger partial charge in [0.05, 0.1) is 0 Å². The van der Waals surface area contributed by atoms with Crippen molar-refractivity contribution in [1.82, 2.24) is 0 Å². The number of hydrogen-bond acceptors (Lipinski definition) is 2. The number of aliphatic hydroxyl groups excluding tert-OH is 1. The average Bonchev–Trinajstić information content (AvgIpc) is 2.90. The molecule has 1 aliphatic heterocycles. The van der Waals surface area contributed by atoms with Crippen LogP contribution in [0.2, 0.25) is 5.02 Å². The number of nitrogens with zero attached hydrogens (tertiary/aromatic N) is 1. The van der Waals surface area contributed by atoms with Crippen LogP contribution in [0.3, 0.4) is 0 Å². The molecule has 0 bridgehead atoms. The van der Waals surface area contributed by atoms with E-state index in [1.165, 1.54) is 0 Å². The topological polar surface area (TPSA) is 40.5 Å². The number of hydrogen-bond donors (Lipinski definition) is 1. The Bertz CT molecular complexity index is 431. The van der Waals surface area contributed by atoms with Crippen molar-refractivity contribution < 1.29 is 9.90 Å². The van der Waals surface area contributed by atoms with Crippen LogP contribution in [0.25, 0.3) is 0 Å². The van der Waals surface area contributed by atoms with Crippen molar-refractivity contribution in [3.05, 3.63) is 29.3 Å². The van der Waals surface area contributed by atoms with Gasteiger partial charge in [0.15, 0.2) is 0 Å². The second kappa shape index (κ2) is 3.47. The summed E-state index contributed by atoms with van der Waals surface area (Å²) >= 11 is 5.80. The highest BCUT2D eigenvalue weighted by Gasteiger charge is 2.61. The van der Waals surface area contributed by atoms with Gasteiger partial charge in [-0.05, 0) is 36.1 Å². The average molecular weight is 238 g/mol. The maximum absolute atomic E-state index is 12.0. The third kappa shape index (κ3) is 1.35. The third-order valence-electron chi connectivity index (χ3n) is 3.63. The first-order chi connectivity index (χ1) is 7.72. The molecule has 1 heterocycles. The Morgan fingerprint density at radius 1 is 1.38 bits per heavy atom. The van der Waals surface area contributed by atoms with Crippen LogP contribution in [0.15, 0.2) is 24.3 Å². The zero-order valence-corrected chi connectivity index (χ0v) is 9.39. The lowest BCUT2D eigenvalue weighted by atomic mass is 10.2. The van der Waals surface area contributed by atoms with Gasteiger partial charge < -0.3 is 10.0 Å². The van der Waals surface area contributed by atoms with Crippen molar-refractivity contribution >= 4 is 23.2 Å². The molecule has 1 saturated heterocycles. The molecule has 3 atom stereocenters. The van der Waals surface area contributed by atoms with Crippen molar-refractivity contribution in [2.75, 3.05) is 18.1 Å². The van der Waals surface area contributed by atoms with Gasteiger partial charge in [0.25, 0.3) is 0 Å². The minimum atomic E-state index is 0.0562. The SMILES string of the molecule is O=C1C2C(CO)C2CN1c1ccc(Cl)cc1. The van der Waals surface area contributed by atoms with Crippen LogP contribution in [0.5, 0.6) is 0 Å². The summed E-state index contributed by atoms with van der Waals surface area (Å²) in [6.45, 7) is 0.867. The van der Waals surface area contributed by atoms with Crippen LogP contribution in [-0.2, 0) is 4.79 Å². The normalized spacial score (nSPS) is 31.8. The molecule has 2 aliphatic rings. The first kappa shape index (κ1) is 10.1. The minimum Gasteiger partial charge on any atom is -0.396 e. The van der Waals surface area contributed by atoms with Gasteiger partial charge in [-0.2, -0.15) is 0 Å². The molecule has 2 fully saturated rings. The zero-order valence-electron chi connectivity index (χ0n) is 8.64. The van der Waals surface area contributed by atoms with E-state index in [1.807, 2.05) is 12.1 Å². The number of carbonyl (C=O) groups excluding carboxylic acids is 1. The predicted molar refractivity (Wildman–Crippen MR) is 61.4 cm³/mol. The van der Waals surface area contributed by atoms with Crippen molar-refractivity contribution in [2.45, 2.75) is 0 Å². The Morgan fingerprint density at radius 2 is 2.06 bits per heavy atom. The minimum absolute atomic E-state index is 0.0562. The van der Waals surface area contributed by atoms with Gasteiger partial charge in [-0.3, -0.25) is 4.79 Å². The summed E-state index contributed by atoms with van der Waals surface area (Å²) in [6, 6.07) is 7.30. The molecule has 3 unspecified atom stereocenters. The standard InChI is InChI=1S/C12H12ClNO2/c13-7-1-3-8(4-2-7)14-5-9-10(6-15)11(9)12(14)16/h1-4,9-11,15H,5-6H2. The lowest BCUT2D eigenvalue weighted by Gasteiger charge is -2.19. The van der Waals surface area contributed by atoms with Crippen LogP contribution in [-0.4, -0.2) is 24.2 Å². The monoisotopic (exact) mass is 237 g/mol. The smallest absolute Gasteiger partial charge is 0.230 e. The molecule has 1 aromatic rings. The summed E-state index contributed by atoms with van der Waals surface area (Å²) in [5.74, 6) is 0.760. The molecule has 1 aliphatic carbocycles. The number of carbonyl (C=O) groups is 1. The largest absolute Gasteiger partial charge is 0.396 e. The molecule has 16 heavy (non-hydrogen) atoms. The molecular weight excluding hydrogens is 226 g/mol. The highest BCUT2D eigenvalue weighted by molar-refractivity contribution is 6.30. The molecule has 1 amide bonds. The Labute approximate surface area is 98.6 Å². The second-order valence-corrected chi connectivity index (χ2v) is 4.90. The predicted octanol–water partition coefficient (Wildman–Crippen LogP) is 1.54. The summed E-state index contributed by atoms with van der Waals surface area (Å²) in [6.07, 6.45) is 0. The van der Waals surface area contributed by atoms with E-state index in [-0.39, 0.29) is 24.3 Å². The van der Waals surface area contributed by atoms with E-state index in [1.54, 1.807) is 17.0 Å². The van der Waals surface area contributed by atoms with Gasteiger partial charge in [0.1, 0.15) is 0 Å². The van der Waals surface area contributed by atoms with Gasteiger partial charge in [0, 0.05) is 29.8 Å². The van der Waals surface area contributed by atoms with Crippen molar-refractivity contribution in [1.29, 1.82) is 0 Å². The molecule has 3 rings (SSSR count). The molecule has 1 aromatic carbocycles. The summed E-state index contributed by atoms with van der Waals surface area (Å²) in [7, 11) is 0. The van der Waals surface area contributed by atoms with Crippen molar-refractivity contribution in [3.63, 3.8) is 0 Å². The van der Waals surface area contributed by atoms with Crippen molar-refractivity contribution in [2.24, 2.45) is 17.8 Å². The van der Waals surface area contributed by atoms with Gasteiger partial charge in [-0.1, -0.05) is 11.6 Å². The number of anilines is 1. The molecule has 0 aromatic heterocycles. The summed E-state index contributed by atoms with van der Waals surface area (Å²) in [5, 5.41) is 9.71. The number of rotatable bonds is 2. The Hall–Kier alpha value is -1.06. The Kier molecular flexibility index (Phi) is 2.19. The molecule has 3 nitrogen and oxygen atoms in total. The van der Waals surface area contributed by atoms with Crippen molar-refractivity contribution in [3.8, 4) is 0 Å². The second-order valence-electron chi connectivity index (χ2n) is 4.46. The molecule has 0 spiro atoms.